The van der Waals surface area contributed by atoms with E-state index in [1.165, 1.54) is 6.07 Å². The number of hydrogen-bond acceptors (Lipinski definition) is 6. The minimum atomic E-state index is -0.498. The Kier molecular flexibility index (Phi) is 5.39. The van der Waals surface area contributed by atoms with E-state index in [1.54, 1.807) is 37.2 Å². The zero-order valence-electron chi connectivity index (χ0n) is 16.3. The molecule has 1 aliphatic heterocycles. The molecule has 1 aliphatic rings. The smallest absolute Gasteiger partial charge is 0.293 e. The Bertz CT molecular complexity index is 926. The molecule has 28 heavy (non-hydrogen) atoms. The van der Waals surface area contributed by atoms with E-state index in [-0.39, 0.29) is 17.4 Å². The topological polar surface area (TPSA) is 93.9 Å². The fraction of sp³-hybridized carbons (Fsp3) is 0.350. The average molecular weight is 385 g/mol. The van der Waals surface area contributed by atoms with Crippen molar-refractivity contribution in [2.75, 3.05) is 30.9 Å². The van der Waals surface area contributed by atoms with Gasteiger partial charge in [-0.05, 0) is 32.0 Å². The molecule has 0 radical (unpaired) electrons. The molecule has 1 heterocycles. The molecular formula is C20H23N3O5. The second kappa shape index (κ2) is 7.75. The number of nitro groups is 1. The number of amides is 1. The highest BCUT2D eigenvalue weighted by atomic mass is 16.6. The summed E-state index contributed by atoms with van der Waals surface area (Å²) < 4.78 is 11.4. The van der Waals surface area contributed by atoms with Crippen molar-refractivity contribution < 1.29 is 19.2 Å². The number of anilines is 2. The van der Waals surface area contributed by atoms with Crippen LogP contribution in [0.5, 0.6) is 11.5 Å². The van der Waals surface area contributed by atoms with Gasteiger partial charge in [0.05, 0.1) is 17.2 Å². The van der Waals surface area contributed by atoms with Gasteiger partial charge in [-0.15, -0.1) is 0 Å². The van der Waals surface area contributed by atoms with E-state index in [2.05, 4.69) is 5.32 Å². The van der Waals surface area contributed by atoms with Crippen molar-refractivity contribution in [2.24, 2.45) is 0 Å². The van der Waals surface area contributed by atoms with E-state index < -0.39 is 10.8 Å². The molecule has 0 bridgehead atoms. The summed E-state index contributed by atoms with van der Waals surface area (Å²) in [7, 11) is 3.42. The van der Waals surface area contributed by atoms with Gasteiger partial charge >= 0.3 is 0 Å². The van der Waals surface area contributed by atoms with Crippen LogP contribution >= 0.6 is 0 Å². The number of hydrogen-bond donors (Lipinski definition) is 1. The van der Waals surface area contributed by atoms with E-state index in [1.807, 2.05) is 19.9 Å². The third kappa shape index (κ3) is 3.85. The van der Waals surface area contributed by atoms with Crippen LogP contribution in [0.4, 0.5) is 17.1 Å². The van der Waals surface area contributed by atoms with Gasteiger partial charge in [0, 0.05) is 43.8 Å². The number of ether oxygens (including phenoxy) is 2. The lowest BCUT2D eigenvalue weighted by Gasteiger charge is -2.15. The first kappa shape index (κ1) is 19.5. The maximum Gasteiger partial charge on any atom is 0.293 e. The monoisotopic (exact) mass is 385 g/mol. The highest BCUT2D eigenvalue weighted by Crippen LogP contribution is 2.38. The Morgan fingerprint density at radius 1 is 1.36 bits per heavy atom. The first-order valence-corrected chi connectivity index (χ1v) is 9.03. The second-order valence-corrected chi connectivity index (χ2v) is 6.83. The molecule has 0 aliphatic carbocycles. The van der Waals surface area contributed by atoms with Crippen molar-refractivity contribution >= 4 is 23.0 Å². The molecule has 148 valence electrons. The number of carbonyl (C=O) groups is 1. The first-order chi connectivity index (χ1) is 13.3. The van der Waals surface area contributed by atoms with Crippen LogP contribution in [-0.4, -0.2) is 37.6 Å². The van der Waals surface area contributed by atoms with Gasteiger partial charge in [-0.1, -0.05) is 0 Å². The van der Waals surface area contributed by atoms with E-state index in [0.717, 1.165) is 12.0 Å². The second-order valence-electron chi connectivity index (χ2n) is 6.83. The van der Waals surface area contributed by atoms with Crippen molar-refractivity contribution in [3.63, 3.8) is 0 Å². The summed E-state index contributed by atoms with van der Waals surface area (Å²) >= 11 is 0. The van der Waals surface area contributed by atoms with Crippen molar-refractivity contribution in [3.8, 4) is 11.5 Å². The van der Waals surface area contributed by atoms with Gasteiger partial charge in [0.2, 0.25) is 0 Å². The number of benzene rings is 2. The number of nitro benzene ring substituents is 1. The van der Waals surface area contributed by atoms with Crippen LogP contribution in [0.15, 0.2) is 30.3 Å². The fourth-order valence-corrected chi connectivity index (χ4v) is 3.20. The summed E-state index contributed by atoms with van der Waals surface area (Å²) in [5.41, 5.74) is 1.98. The highest BCUT2D eigenvalue weighted by molar-refractivity contribution is 6.06. The van der Waals surface area contributed by atoms with E-state index in [4.69, 9.17) is 9.47 Å². The molecule has 1 atom stereocenters. The van der Waals surface area contributed by atoms with Crippen LogP contribution in [0.1, 0.15) is 29.8 Å². The zero-order valence-corrected chi connectivity index (χ0v) is 16.3. The van der Waals surface area contributed by atoms with Crippen LogP contribution < -0.4 is 19.7 Å². The molecule has 1 amide bonds. The molecule has 0 spiro atoms. The Morgan fingerprint density at radius 2 is 2.11 bits per heavy atom. The molecule has 0 aromatic heterocycles. The van der Waals surface area contributed by atoms with Gasteiger partial charge in [-0.25, -0.2) is 0 Å². The molecule has 8 nitrogen and oxygen atoms in total. The predicted molar refractivity (Wildman–Crippen MR) is 107 cm³/mol. The van der Waals surface area contributed by atoms with Crippen LogP contribution in [0.25, 0.3) is 0 Å². The highest BCUT2D eigenvalue weighted by Gasteiger charge is 2.24. The van der Waals surface area contributed by atoms with E-state index >= 15 is 0 Å². The molecule has 1 unspecified atom stereocenters. The molecule has 0 saturated heterocycles. The molecule has 8 heteroatoms. The van der Waals surface area contributed by atoms with Gasteiger partial charge in [0.25, 0.3) is 11.6 Å². The zero-order chi connectivity index (χ0) is 20.4. The number of fused-ring (bicyclic) bond motifs is 1. The van der Waals surface area contributed by atoms with Crippen LogP contribution in [0, 0.1) is 10.1 Å². The Morgan fingerprint density at radius 3 is 2.75 bits per heavy atom. The molecule has 2 aromatic carbocycles. The van der Waals surface area contributed by atoms with Crippen molar-refractivity contribution in [1.82, 2.24) is 0 Å². The molecule has 1 N–H and O–H groups in total. The lowest BCUT2D eigenvalue weighted by molar-refractivity contribution is -0.384. The third-order valence-corrected chi connectivity index (χ3v) is 4.46. The summed E-state index contributed by atoms with van der Waals surface area (Å²) in [6.45, 7) is 4.28. The summed E-state index contributed by atoms with van der Waals surface area (Å²) in [6.07, 6.45) is 0.846. The van der Waals surface area contributed by atoms with E-state index in [0.29, 0.717) is 29.5 Å². The fourth-order valence-electron chi connectivity index (χ4n) is 3.20. The minimum Gasteiger partial charge on any atom is -0.492 e. The third-order valence-electron chi connectivity index (χ3n) is 4.46. The van der Waals surface area contributed by atoms with Crippen molar-refractivity contribution in [1.29, 1.82) is 0 Å². The quantitative estimate of drug-likeness (QED) is 0.603. The first-order valence-electron chi connectivity index (χ1n) is 9.03. The van der Waals surface area contributed by atoms with Crippen LogP contribution in [0.2, 0.25) is 0 Å². The summed E-state index contributed by atoms with van der Waals surface area (Å²) in [6, 6.07) is 8.00. The van der Waals surface area contributed by atoms with Gasteiger partial charge < -0.3 is 19.7 Å². The van der Waals surface area contributed by atoms with Gasteiger partial charge in [-0.3, -0.25) is 14.9 Å². The maximum absolute atomic E-state index is 12.7. The van der Waals surface area contributed by atoms with Crippen molar-refractivity contribution in [2.45, 2.75) is 26.4 Å². The van der Waals surface area contributed by atoms with Crippen LogP contribution in [-0.2, 0) is 6.42 Å². The SMILES string of the molecule is CCOc1cc2c(cc1NC(=O)c1ccc(N(C)C)c([N+](=O)[O-])c1)OC(C)C2. The number of carbonyl (C=O) groups excluding carboxylic acids is 1. The van der Waals surface area contributed by atoms with E-state index in [9.17, 15) is 14.9 Å². The number of nitrogens with one attached hydrogen (secondary N) is 1. The summed E-state index contributed by atoms with van der Waals surface area (Å²) in [5.74, 6) is 0.798. The molecule has 0 fully saturated rings. The lowest BCUT2D eigenvalue weighted by atomic mass is 10.1. The standard InChI is InChI=1S/C20H23N3O5/c1-5-27-19-10-14-8-12(2)28-18(14)11-15(19)21-20(24)13-6-7-16(22(3)4)17(9-13)23(25)26/h6-7,9-12H,5,8H2,1-4H3,(H,21,24). The molecular weight excluding hydrogens is 362 g/mol. The molecule has 0 saturated carbocycles. The predicted octanol–water partition coefficient (Wildman–Crippen LogP) is 3.64. The number of nitrogens with zero attached hydrogens (tertiary/aromatic N) is 2. The maximum atomic E-state index is 12.7. The minimum absolute atomic E-state index is 0.0663. The summed E-state index contributed by atoms with van der Waals surface area (Å²) in [4.78, 5) is 25.2. The Balaban J connectivity index is 1.92. The normalized spacial score (nSPS) is 14.8. The Hall–Kier alpha value is -3.29. The summed E-state index contributed by atoms with van der Waals surface area (Å²) in [5, 5.41) is 14.2. The average Bonchev–Trinajstić information content (AvgIpc) is 3.00. The Labute approximate surface area is 163 Å². The van der Waals surface area contributed by atoms with Crippen molar-refractivity contribution in [3.05, 3.63) is 51.6 Å². The van der Waals surface area contributed by atoms with Gasteiger partial charge in [0.1, 0.15) is 23.3 Å². The molecule has 2 aromatic rings. The van der Waals surface area contributed by atoms with Gasteiger partial charge in [-0.2, -0.15) is 0 Å². The molecule has 3 rings (SSSR count). The largest absolute Gasteiger partial charge is 0.492 e. The number of rotatable bonds is 6. The van der Waals surface area contributed by atoms with Crippen LogP contribution in [0.3, 0.4) is 0 Å². The van der Waals surface area contributed by atoms with Gasteiger partial charge in [0.15, 0.2) is 0 Å². The lowest BCUT2D eigenvalue weighted by Crippen LogP contribution is -2.15.